The number of ether oxygens (including phenoxy) is 1. The van der Waals surface area contributed by atoms with Gasteiger partial charge in [0.05, 0.1) is 17.6 Å². The van der Waals surface area contributed by atoms with Gasteiger partial charge in [-0.1, -0.05) is 30.3 Å². The summed E-state index contributed by atoms with van der Waals surface area (Å²) in [7, 11) is 0. The van der Waals surface area contributed by atoms with Gasteiger partial charge in [0, 0.05) is 17.8 Å². The molecule has 0 radical (unpaired) electrons. The molecule has 146 valence electrons. The fourth-order valence-corrected chi connectivity index (χ4v) is 3.18. The number of nitrogens with zero attached hydrogens (tertiary/aromatic N) is 2. The summed E-state index contributed by atoms with van der Waals surface area (Å²) < 4.78 is 7.67. The van der Waals surface area contributed by atoms with Crippen molar-refractivity contribution in [2.45, 2.75) is 12.8 Å². The van der Waals surface area contributed by atoms with Gasteiger partial charge >= 0.3 is 0 Å². The van der Waals surface area contributed by atoms with Crippen LogP contribution in [0.2, 0.25) is 0 Å². The number of carbonyl (C=O) groups excluding carboxylic acids is 1. The lowest BCUT2D eigenvalue weighted by atomic mass is 10.2. The molecule has 0 aliphatic carbocycles. The lowest BCUT2D eigenvalue weighted by Crippen LogP contribution is -2.24. The molecule has 0 aliphatic heterocycles. The Labute approximate surface area is 170 Å². The molecule has 4 aromatic rings. The smallest absolute Gasteiger partial charge is 0.251 e. The van der Waals surface area contributed by atoms with Crippen molar-refractivity contribution in [2.24, 2.45) is 0 Å². The van der Waals surface area contributed by atoms with Crippen molar-refractivity contribution >= 4 is 16.9 Å². The second-order valence-corrected chi connectivity index (χ2v) is 6.77. The highest BCUT2D eigenvalue weighted by Gasteiger charge is 2.07. The number of hydrogen-bond acceptors (Lipinski definition) is 3. The van der Waals surface area contributed by atoms with Gasteiger partial charge in [0.1, 0.15) is 12.1 Å². The van der Waals surface area contributed by atoms with E-state index in [0.29, 0.717) is 18.7 Å². The largest absolute Gasteiger partial charge is 0.494 e. The predicted octanol–water partition coefficient (Wildman–Crippen LogP) is 4.61. The Bertz CT molecular complexity index is 1070. The van der Waals surface area contributed by atoms with Crippen LogP contribution in [0.5, 0.6) is 5.75 Å². The molecule has 1 N–H and O–H groups in total. The van der Waals surface area contributed by atoms with Gasteiger partial charge in [-0.3, -0.25) is 9.36 Å². The third kappa shape index (κ3) is 4.63. The van der Waals surface area contributed by atoms with E-state index in [0.717, 1.165) is 35.3 Å². The van der Waals surface area contributed by atoms with E-state index in [2.05, 4.69) is 10.3 Å². The SMILES string of the molecule is O=C(NCCCCOc1ccccc1)c1ccc(-n2cnc3ccccc32)cc1. The lowest BCUT2D eigenvalue weighted by molar-refractivity contribution is 0.0952. The maximum Gasteiger partial charge on any atom is 0.251 e. The summed E-state index contributed by atoms with van der Waals surface area (Å²) in [5, 5.41) is 2.97. The molecule has 29 heavy (non-hydrogen) atoms. The minimum atomic E-state index is -0.0592. The van der Waals surface area contributed by atoms with E-state index in [-0.39, 0.29) is 5.91 Å². The maximum atomic E-state index is 12.3. The number of benzene rings is 3. The Kier molecular flexibility index (Phi) is 5.86. The van der Waals surface area contributed by atoms with Crippen LogP contribution in [0.25, 0.3) is 16.7 Å². The van der Waals surface area contributed by atoms with Crippen molar-refractivity contribution in [3.05, 3.63) is 90.8 Å². The first kappa shape index (κ1) is 18.7. The summed E-state index contributed by atoms with van der Waals surface area (Å²) >= 11 is 0. The molecule has 0 atom stereocenters. The standard InChI is InChI=1S/C24H23N3O2/c28-24(25-16-6-7-17-29-21-8-2-1-3-9-21)19-12-14-20(15-13-19)27-18-26-22-10-4-5-11-23(22)27/h1-5,8-15,18H,6-7,16-17H2,(H,25,28). The first-order valence-corrected chi connectivity index (χ1v) is 9.80. The van der Waals surface area contributed by atoms with Crippen LogP contribution < -0.4 is 10.1 Å². The second kappa shape index (κ2) is 9.06. The van der Waals surface area contributed by atoms with Crippen molar-refractivity contribution in [2.75, 3.05) is 13.2 Å². The molecule has 0 spiro atoms. The molecule has 0 saturated carbocycles. The Balaban J connectivity index is 1.25. The van der Waals surface area contributed by atoms with Crippen molar-refractivity contribution in [1.29, 1.82) is 0 Å². The number of imidazole rings is 1. The quantitative estimate of drug-likeness (QED) is 0.451. The number of aromatic nitrogens is 2. The normalized spacial score (nSPS) is 10.8. The van der Waals surface area contributed by atoms with Gasteiger partial charge in [-0.25, -0.2) is 4.98 Å². The topological polar surface area (TPSA) is 56.1 Å². The second-order valence-electron chi connectivity index (χ2n) is 6.77. The molecule has 5 nitrogen and oxygen atoms in total. The summed E-state index contributed by atoms with van der Waals surface area (Å²) in [6.45, 7) is 1.28. The number of unbranched alkanes of at least 4 members (excludes halogenated alkanes) is 1. The Hall–Kier alpha value is -3.60. The van der Waals surface area contributed by atoms with Crippen LogP contribution in [0.1, 0.15) is 23.2 Å². The summed E-state index contributed by atoms with van der Waals surface area (Å²) in [4.78, 5) is 16.8. The minimum Gasteiger partial charge on any atom is -0.494 e. The zero-order valence-corrected chi connectivity index (χ0v) is 16.1. The number of nitrogens with one attached hydrogen (secondary N) is 1. The molecule has 1 amide bonds. The van der Waals surface area contributed by atoms with E-state index in [1.54, 1.807) is 6.33 Å². The van der Waals surface area contributed by atoms with Gasteiger partial charge < -0.3 is 10.1 Å². The van der Waals surface area contributed by atoms with Crippen molar-refractivity contribution < 1.29 is 9.53 Å². The van der Waals surface area contributed by atoms with Gasteiger partial charge in [0.25, 0.3) is 5.91 Å². The number of hydrogen-bond donors (Lipinski definition) is 1. The first-order valence-electron chi connectivity index (χ1n) is 9.80. The van der Waals surface area contributed by atoms with Crippen LogP contribution >= 0.6 is 0 Å². The average molecular weight is 385 g/mol. The summed E-state index contributed by atoms with van der Waals surface area (Å²) in [5.41, 5.74) is 3.63. The summed E-state index contributed by atoms with van der Waals surface area (Å²) in [5.74, 6) is 0.818. The third-order valence-electron chi connectivity index (χ3n) is 4.73. The van der Waals surface area contributed by atoms with Crippen LogP contribution in [0.4, 0.5) is 0 Å². The number of amides is 1. The highest BCUT2D eigenvalue weighted by molar-refractivity contribution is 5.94. The predicted molar refractivity (Wildman–Crippen MR) is 115 cm³/mol. The van der Waals surface area contributed by atoms with E-state index in [1.807, 2.05) is 83.4 Å². The monoisotopic (exact) mass is 385 g/mol. The van der Waals surface area contributed by atoms with Gasteiger partial charge in [0.15, 0.2) is 0 Å². The van der Waals surface area contributed by atoms with E-state index >= 15 is 0 Å². The van der Waals surface area contributed by atoms with Crippen molar-refractivity contribution in [1.82, 2.24) is 14.9 Å². The van der Waals surface area contributed by atoms with Crippen LogP contribution in [0.15, 0.2) is 85.2 Å². The highest BCUT2D eigenvalue weighted by Crippen LogP contribution is 2.18. The average Bonchev–Trinajstić information content (AvgIpc) is 3.21. The molecule has 0 unspecified atom stereocenters. The van der Waals surface area contributed by atoms with Crippen molar-refractivity contribution in [3.8, 4) is 11.4 Å². The fourth-order valence-electron chi connectivity index (χ4n) is 3.18. The maximum absolute atomic E-state index is 12.3. The molecular formula is C24H23N3O2. The lowest BCUT2D eigenvalue weighted by Gasteiger charge is -2.08. The van der Waals surface area contributed by atoms with E-state index < -0.39 is 0 Å². The van der Waals surface area contributed by atoms with Gasteiger partial charge in [-0.2, -0.15) is 0 Å². The Morgan fingerprint density at radius 2 is 1.66 bits per heavy atom. The minimum absolute atomic E-state index is 0.0592. The number of para-hydroxylation sites is 3. The van der Waals surface area contributed by atoms with E-state index in [4.69, 9.17) is 4.74 Å². The Morgan fingerprint density at radius 3 is 2.48 bits per heavy atom. The summed E-state index contributed by atoms with van der Waals surface area (Å²) in [6, 6.07) is 25.3. The van der Waals surface area contributed by atoms with Gasteiger partial charge in [-0.05, 0) is 61.4 Å². The van der Waals surface area contributed by atoms with Crippen LogP contribution in [0.3, 0.4) is 0 Å². The molecule has 0 bridgehead atoms. The first-order chi connectivity index (χ1) is 14.3. The van der Waals surface area contributed by atoms with Crippen LogP contribution in [0, 0.1) is 0 Å². The number of fused-ring (bicyclic) bond motifs is 1. The van der Waals surface area contributed by atoms with E-state index in [9.17, 15) is 4.79 Å². The summed E-state index contributed by atoms with van der Waals surface area (Å²) in [6.07, 6.45) is 3.57. The molecule has 1 aromatic heterocycles. The highest BCUT2D eigenvalue weighted by atomic mass is 16.5. The van der Waals surface area contributed by atoms with E-state index in [1.165, 1.54) is 0 Å². The third-order valence-corrected chi connectivity index (χ3v) is 4.73. The number of carbonyl (C=O) groups is 1. The van der Waals surface area contributed by atoms with Crippen molar-refractivity contribution in [3.63, 3.8) is 0 Å². The molecule has 4 rings (SSSR count). The van der Waals surface area contributed by atoms with Crippen LogP contribution in [-0.2, 0) is 0 Å². The Morgan fingerprint density at radius 1 is 0.897 bits per heavy atom. The number of rotatable bonds is 8. The molecular weight excluding hydrogens is 362 g/mol. The van der Waals surface area contributed by atoms with Gasteiger partial charge in [-0.15, -0.1) is 0 Å². The fraction of sp³-hybridized carbons (Fsp3) is 0.167. The zero-order chi connectivity index (χ0) is 19.9. The molecule has 1 heterocycles. The molecule has 0 fully saturated rings. The van der Waals surface area contributed by atoms with Gasteiger partial charge in [0.2, 0.25) is 0 Å². The molecule has 0 saturated heterocycles. The molecule has 5 heteroatoms. The van der Waals surface area contributed by atoms with Crippen LogP contribution in [-0.4, -0.2) is 28.6 Å². The molecule has 3 aromatic carbocycles. The molecule has 0 aliphatic rings. The zero-order valence-electron chi connectivity index (χ0n) is 16.1.